The van der Waals surface area contributed by atoms with Crippen LogP contribution in [-0.4, -0.2) is 5.78 Å². The van der Waals surface area contributed by atoms with E-state index in [0.717, 1.165) is 5.56 Å². The van der Waals surface area contributed by atoms with Crippen molar-refractivity contribution in [3.8, 4) is 0 Å². The molecule has 0 saturated carbocycles. The van der Waals surface area contributed by atoms with Crippen LogP contribution >= 0.6 is 0 Å². The molecule has 0 amide bonds. The molecule has 18 heavy (non-hydrogen) atoms. The third-order valence-electron chi connectivity index (χ3n) is 3.05. The molecule has 0 saturated heterocycles. The number of carbonyl (C=O) groups excluding carboxylic acids is 1. The lowest BCUT2D eigenvalue weighted by Gasteiger charge is -2.05. The lowest BCUT2D eigenvalue weighted by molar-refractivity contribution is 0.0981. The van der Waals surface area contributed by atoms with Crippen molar-refractivity contribution >= 4 is 5.78 Å². The minimum atomic E-state index is -0.319. The second-order valence-corrected chi connectivity index (χ2v) is 4.32. The van der Waals surface area contributed by atoms with Gasteiger partial charge in [0.1, 0.15) is 5.82 Å². The van der Waals surface area contributed by atoms with Crippen molar-refractivity contribution in [2.24, 2.45) is 0 Å². The lowest BCUT2D eigenvalue weighted by atomic mass is 9.99. The summed E-state index contributed by atoms with van der Waals surface area (Å²) in [4.78, 5) is 12.0. The van der Waals surface area contributed by atoms with Gasteiger partial charge < -0.3 is 0 Å². The predicted molar refractivity (Wildman–Crippen MR) is 70.2 cm³/mol. The molecule has 0 aliphatic carbocycles. The van der Waals surface area contributed by atoms with Gasteiger partial charge in [0.05, 0.1) is 0 Å². The first-order valence-electron chi connectivity index (χ1n) is 6.00. The third kappa shape index (κ3) is 2.83. The molecule has 0 N–H and O–H groups in total. The first-order chi connectivity index (χ1) is 8.68. The van der Waals surface area contributed by atoms with Crippen LogP contribution in [0.3, 0.4) is 0 Å². The number of rotatable bonds is 4. The molecule has 0 fully saturated rings. The SMILES string of the molecule is Cc1c(F)cccc1C(=O)CCc1ccccc1. The quantitative estimate of drug-likeness (QED) is 0.742. The standard InChI is InChI=1S/C16H15FO/c1-12-14(8-5-9-15(12)17)16(18)11-10-13-6-3-2-4-7-13/h2-9H,10-11H2,1H3. The van der Waals surface area contributed by atoms with E-state index in [0.29, 0.717) is 24.0 Å². The molecule has 0 unspecified atom stereocenters. The number of hydrogen-bond donors (Lipinski definition) is 0. The molecule has 0 spiro atoms. The Morgan fingerprint density at radius 2 is 1.78 bits per heavy atom. The van der Waals surface area contributed by atoms with E-state index in [1.165, 1.54) is 6.07 Å². The average Bonchev–Trinajstić information content (AvgIpc) is 2.40. The molecule has 0 atom stereocenters. The topological polar surface area (TPSA) is 17.1 Å². The first kappa shape index (κ1) is 12.5. The van der Waals surface area contributed by atoms with Gasteiger partial charge in [-0.3, -0.25) is 4.79 Å². The monoisotopic (exact) mass is 242 g/mol. The van der Waals surface area contributed by atoms with Gasteiger partial charge in [-0.05, 0) is 30.5 Å². The summed E-state index contributed by atoms with van der Waals surface area (Å²) in [6.45, 7) is 1.64. The van der Waals surface area contributed by atoms with Crippen molar-refractivity contribution in [1.29, 1.82) is 0 Å². The van der Waals surface area contributed by atoms with Crippen molar-refractivity contribution in [1.82, 2.24) is 0 Å². The highest BCUT2D eigenvalue weighted by Gasteiger charge is 2.11. The number of halogens is 1. The van der Waals surface area contributed by atoms with Gasteiger partial charge in [0.15, 0.2) is 5.78 Å². The van der Waals surface area contributed by atoms with E-state index in [9.17, 15) is 9.18 Å². The van der Waals surface area contributed by atoms with Crippen LogP contribution in [0.5, 0.6) is 0 Å². The molecule has 0 aliphatic heterocycles. The van der Waals surface area contributed by atoms with Crippen molar-refractivity contribution in [3.63, 3.8) is 0 Å². The zero-order valence-corrected chi connectivity index (χ0v) is 10.3. The Bertz CT molecular complexity index is 546. The van der Waals surface area contributed by atoms with E-state index in [1.807, 2.05) is 30.3 Å². The minimum absolute atomic E-state index is 0.00384. The maximum Gasteiger partial charge on any atom is 0.163 e. The summed E-state index contributed by atoms with van der Waals surface area (Å²) in [7, 11) is 0. The summed E-state index contributed by atoms with van der Waals surface area (Å²) in [5.74, 6) is -0.323. The zero-order valence-electron chi connectivity index (χ0n) is 10.3. The summed E-state index contributed by atoms with van der Waals surface area (Å²) in [5, 5.41) is 0. The number of carbonyl (C=O) groups is 1. The van der Waals surface area contributed by atoms with E-state index in [1.54, 1.807) is 19.1 Å². The number of ketones is 1. The normalized spacial score (nSPS) is 10.3. The second kappa shape index (κ2) is 5.58. The first-order valence-corrected chi connectivity index (χ1v) is 6.00. The molecule has 1 nitrogen and oxygen atoms in total. The van der Waals surface area contributed by atoms with Crippen molar-refractivity contribution < 1.29 is 9.18 Å². The largest absolute Gasteiger partial charge is 0.294 e. The third-order valence-corrected chi connectivity index (χ3v) is 3.05. The summed E-state index contributed by atoms with van der Waals surface area (Å²) in [5.41, 5.74) is 2.06. The molecule has 0 radical (unpaired) electrons. The summed E-state index contributed by atoms with van der Waals surface area (Å²) in [6.07, 6.45) is 1.10. The van der Waals surface area contributed by atoms with Crippen LogP contribution in [0, 0.1) is 12.7 Å². The van der Waals surface area contributed by atoms with Crippen LogP contribution in [0.15, 0.2) is 48.5 Å². The molecular formula is C16H15FO. The molecule has 0 aliphatic rings. The Kier molecular flexibility index (Phi) is 3.88. The number of aryl methyl sites for hydroxylation is 1. The molecule has 0 aromatic heterocycles. The van der Waals surface area contributed by atoms with Gasteiger partial charge in [0.25, 0.3) is 0 Å². The van der Waals surface area contributed by atoms with Crippen LogP contribution < -0.4 is 0 Å². The highest BCUT2D eigenvalue weighted by atomic mass is 19.1. The van der Waals surface area contributed by atoms with E-state index >= 15 is 0 Å². The fourth-order valence-electron chi connectivity index (χ4n) is 1.95. The summed E-state index contributed by atoms with van der Waals surface area (Å²) >= 11 is 0. The van der Waals surface area contributed by atoms with Crippen LogP contribution in [0.1, 0.15) is 27.9 Å². The van der Waals surface area contributed by atoms with Crippen LogP contribution in [0.2, 0.25) is 0 Å². The van der Waals surface area contributed by atoms with Gasteiger partial charge in [-0.15, -0.1) is 0 Å². The molecule has 2 aromatic carbocycles. The van der Waals surface area contributed by atoms with Gasteiger partial charge >= 0.3 is 0 Å². The lowest BCUT2D eigenvalue weighted by Crippen LogP contribution is -2.04. The molecule has 2 heteroatoms. The Morgan fingerprint density at radius 3 is 2.50 bits per heavy atom. The molecule has 92 valence electrons. The predicted octanol–water partition coefficient (Wildman–Crippen LogP) is 3.95. The Labute approximate surface area is 106 Å². The maximum absolute atomic E-state index is 13.4. The smallest absolute Gasteiger partial charge is 0.163 e. The highest BCUT2D eigenvalue weighted by molar-refractivity contribution is 5.97. The zero-order chi connectivity index (χ0) is 13.0. The number of Topliss-reactive ketones (excluding diaryl/α,β-unsaturated/α-hetero) is 1. The van der Waals surface area contributed by atoms with Gasteiger partial charge in [-0.25, -0.2) is 4.39 Å². The minimum Gasteiger partial charge on any atom is -0.294 e. The highest BCUT2D eigenvalue weighted by Crippen LogP contribution is 2.15. The van der Waals surface area contributed by atoms with E-state index in [2.05, 4.69) is 0 Å². The molecule has 2 aromatic rings. The van der Waals surface area contributed by atoms with Crippen LogP contribution in [0.25, 0.3) is 0 Å². The Hall–Kier alpha value is -1.96. The fraction of sp³-hybridized carbons (Fsp3) is 0.188. The number of hydrogen-bond acceptors (Lipinski definition) is 1. The number of benzene rings is 2. The van der Waals surface area contributed by atoms with Crippen LogP contribution in [0.4, 0.5) is 4.39 Å². The molecule has 2 rings (SSSR count). The van der Waals surface area contributed by atoms with Gasteiger partial charge in [-0.1, -0.05) is 42.5 Å². The van der Waals surface area contributed by atoms with E-state index in [-0.39, 0.29) is 11.6 Å². The van der Waals surface area contributed by atoms with Gasteiger partial charge in [-0.2, -0.15) is 0 Å². The van der Waals surface area contributed by atoms with Crippen LogP contribution in [-0.2, 0) is 6.42 Å². The van der Waals surface area contributed by atoms with Crippen molar-refractivity contribution in [2.45, 2.75) is 19.8 Å². The summed E-state index contributed by atoms with van der Waals surface area (Å²) < 4.78 is 13.4. The summed E-state index contributed by atoms with van der Waals surface area (Å²) in [6, 6.07) is 14.5. The van der Waals surface area contributed by atoms with E-state index in [4.69, 9.17) is 0 Å². The molecular weight excluding hydrogens is 227 g/mol. The maximum atomic E-state index is 13.4. The molecule has 0 bridgehead atoms. The fourth-order valence-corrected chi connectivity index (χ4v) is 1.95. The second-order valence-electron chi connectivity index (χ2n) is 4.32. The average molecular weight is 242 g/mol. The van der Waals surface area contributed by atoms with Gasteiger partial charge in [0, 0.05) is 12.0 Å². The Balaban J connectivity index is 2.07. The molecule has 0 heterocycles. The van der Waals surface area contributed by atoms with Gasteiger partial charge in [0.2, 0.25) is 0 Å². The van der Waals surface area contributed by atoms with Crippen molar-refractivity contribution in [2.75, 3.05) is 0 Å². The Morgan fingerprint density at radius 1 is 1.06 bits per heavy atom. The van der Waals surface area contributed by atoms with Crippen molar-refractivity contribution in [3.05, 3.63) is 71.0 Å². The van der Waals surface area contributed by atoms with E-state index < -0.39 is 0 Å².